The number of hydrogen-bond donors (Lipinski definition) is 0. The summed E-state index contributed by atoms with van der Waals surface area (Å²) in [4.78, 5) is 14.7. The summed E-state index contributed by atoms with van der Waals surface area (Å²) < 4.78 is 29.3. The van der Waals surface area contributed by atoms with E-state index >= 15 is 0 Å². The average molecular weight is 529 g/mol. The van der Waals surface area contributed by atoms with Crippen molar-refractivity contribution in [2.45, 2.75) is 10.9 Å². The van der Waals surface area contributed by atoms with E-state index in [4.69, 9.17) is 11.6 Å². The highest BCUT2D eigenvalue weighted by atomic mass is 35.5. The molecule has 5 nitrogen and oxygen atoms in total. The molecule has 0 aromatic heterocycles. The summed E-state index contributed by atoms with van der Waals surface area (Å²) in [6.07, 6.45) is 1.76. The smallest absolute Gasteiger partial charge is 0.258 e. The van der Waals surface area contributed by atoms with Gasteiger partial charge in [0.25, 0.3) is 5.91 Å². The minimum atomic E-state index is -3.93. The fourth-order valence-electron chi connectivity index (χ4n) is 4.64. The van der Waals surface area contributed by atoms with E-state index in [2.05, 4.69) is 0 Å². The molecule has 4 aromatic carbocycles. The predicted molar refractivity (Wildman–Crippen MR) is 149 cm³/mol. The van der Waals surface area contributed by atoms with Crippen molar-refractivity contribution in [3.63, 3.8) is 0 Å². The van der Waals surface area contributed by atoms with Gasteiger partial charge in [-0.1, -0.05) is 84.4 Å². The highest BCUT2D eigenvalue weighted by Gasteiger charge is 2.34. The number of sulfonamides is 1. The first-order valence-corrected chi connectivity index (χ1v) is 13.6. The number of halogens is 1. The highest BCUT2D eigenvalue weighted by Crippen LogP contribution is 2.40. The third-order valence-electron chi connectivity index (χ3n) is 6.61. The highest BCUT2D eigenvalue weighted by molar-refractivity contribution is 7.89. The van der Waals surface area contributed by atoms with E-state index in [0.717, 1.165) is 16.7 Å². The lowest BCUT2D eigenvalue weighted by Gasteiger charge is -2.28. The molecule has 0 aliphatic carbocycles. The zero-order valence-corrected chi connectivity index (χ0v) is 21.9. The lowest BCUT2D eigenvalue weighted by atomic mass is 9.99. The number of rotatable bonds is 6. The molecule has 0 saturated heterocycles. The fourth-order valence-corrected chi connectivity index (χ4v) is 6.13. The van der Waals surface area contributed by atoms with E-state index in [0.29, 0.717) is 21.8 Å². The van der Waals surface area contributed by atoms with Crippen LogP contribution in [0.5, 0.6) is 0 Å². The van der Waals surface area contributed by atoms with Crippen LogP contribution in [0.15, 0.2) is 108 Å². The molecule has 7 heteroatoms. The molecule has 0 fully saturated rings. The van der Waals surface area contributed by atoms with Gasteiger partial charge in [0, 0.05) is 30.3 Å². The Balaban J connectivity index is 1.59. The molecule has 1 aliphatic rings. The van der Waals surface area contributed by atoms with Gasteiger partial charge in [-0.2, -0.15) is 4.31 Å². The molecule has 186 valence electrons. The third-order valence-corrected chi connectivity index (χ3v) is 8.68. The molecule has 0 atom stereocenters. The normalized spacial score (nSPS) is 14.6. The molecule has 5 rings (SSSR count). The van der Waals surface area contributed by atoms with E-state index in [9.17, 15) is 13.2 Å². The summed E-state index contributed by atoms with van der Waals surface area (Å²) in [5.41, 5.74) is 4.19. The monoisotopic (exact) mass is 528 g/mol. The first kappa shape index (κ1) is 25.0. The summed E-state index contributed by atoms with van der Waals surface area (Å²) >= 11 is 6.01. The topological polar surface area (TPSA) is 57.7 Å². The minimum absolute atomic E-state index is 0.121. The zero-order valence-electron chi connectivity index (χ0n) is 20.4. The van der Waals surface area contributed by atoms with E-state index in [1.54, 1.807) is 50.5 Å². The molecule has 0 bridgehead atoms. The first-order valence-electron chi connectivity index (χ1n) is 11.7. The number of likely N-dealkylation sites (N-methyl/N-ethyl adjacent to an activating group) is 1. The van der Waals surface area contributed by atoms with Crippen molar-refractivity contribution in [2.24, 2.45) is 0 Å². The summed E-state index contributed by atoms with van der Waals surface area (Å²) in [5, 5.41) is 0.597. The van der Waals surface area contributed by atoms with Crippen molar-refractivity contribution in [2.75, 3.05) is 19.0 Å². The molecule has 1 amide bonds. The van der Waals surface area contributed by atoms with Crippen LogP contribution in [-0.2, 0) is 14.8 Å². The van der Waals surface area contributed by atoms with Gasteiger partial charge in [-0.15, -0.1) is 0 Å². The lowest BCUT2D eigenvalue weighted by Crippen LogP contribution is -2.32. The minimum Gasteiger partial charge on any atom is -0.311 e. The van der Waals surface area contributed by atoms with Gasteiger partial charge in [0.05, 0.1) is 16.6 Å². The SMILES string of the molecule is CN1C(=O)/C(=C/c2ccc(Cl)cc2)c2cc(S(=O)(=O)N(C)C(c3ccccc3)c3ccccc3)ccc21. The van der Waals surface area contributed by atoms with Crippen LogP contribution in [0.3, 0.4) is 0 Å². The number of carbonyl (C=O) groups excluding carboxylic acids is 1. The molecule has 0 unspecified atom stereocenters. The Kier molecular flexibility index (Phi) is 6.73. The van der Waals surface area contributed by atoms with Gasteiger partial charge in [0.2, 0.25) is 10.0 Å². The largest absolute Gasteiger partial charge is 0.311 e. The number of benzene rings is 4. The van der Waals surface area contributed by atoms with Crippen LogP contribution in [0.25, 0.3) is 11.6 Å². The summed E-state index contributed by atoms with van der Waals surface area (Å²) in [5.74, 6) is -0.195. The predicted octanol–water partition coefficient (Wildman–Crippen LogP) is 6.27. The number of anilines is 1. The number of hydrogen-bond acceptors (Lipinski definition) is 3. The Morgan fingerprint density at radius 3 is 1.97 bits per heavy atom. The van der Waals surface area contributed by atoms with E-state index in [1.807, 2.05) is 72.8 Å². The summed E-state index contributed by atoms with van der Waals surface area (Å²) in [6.45, 7) is 0. The van der Waals surface area contributed by atoms with Crippen LogP contribution < -0.4 is 4.90 Å². The van der Waals surface area contributed by atoms with Crippen LogP contribution in [0.1, 0.15) is 28.3 Å². The van der Waals surface area contributed by atoms with Gasteiger partial charge in [0.15, 0.2) is 0 Å². The molecule has 1 heterocycles. The van der Waals surface area contributed by atoms with E-state index in [-0.39, 0.29) is 10.8 Å². The van der Waals surface area contributed by atoms with Crippen molar-refractivity contribution < 1.29 is 13.2 Å². The molecule has 0 saturated carbocycles. The molecule has 1 aliphatic heterocycles. The first-order chi connectivity index (χ1) is 17.8. The number of nitrogens with zero attached hydrogens (tertiary/aromatic N) is 2. The number of amides is 1. The maximum Gasteiger partial charge on any atom is 0.258 e. The molecular weight excluding hydrogens is 504 g/mol. The zero-order chi connectivity index (χ0) is 26.2. The molecule has 0 spiro atoms. The quantitative estimate of drug-likeness (QED) is 0.277. The van der Waals surface area contributed by atoms with Crippen molar-refractivity contribution in [1.82, 2.24) is 4.31 Å². The molecular formula is C30H25ClN2O3S. The van der Waals surface area contributed by atoms with Gasteiger partial charge in [-0.3, -0.25) is 4.79 Å². The van der Waals surface area contributed by atoms with Crippen LogP contribution in [0, 0.1) is 0 Å². The van der Waals surface area contributed by atoms with Crippen molar-refractivity contribution in [3.05, 3.63) is 130 Å². The standard InChI is InChI=1S/C30H25ClN2O3S/c1-32-28-18-17-25(20-26(28)27(30(32)34)19-21-13-15-24(31)16-14-21)37(35,36)33(2)29(22-9-5-3-6-10-22)23-11-7-4-8-12-23/h3-20,29H,1-2H3/b27-19+. The second-order valence-electron chi connectivity index (χ2n) is 8.90. The second-order valence-corrected chi connectivity index (χ2v) is 11.3. The molecule has 4 aromatic rings. The van der Waals surface area contributed by atoms with Gasteiger partial charge >= 0.3 is 0 Å². The Hall–Kier alpha value is -3.71. The Bertz CT molecular complexity index is 1550. The Morgan fingerprint density at radius 1 is 0.838 bits per heavy atom. The summed E-state index contributed by atoms with van der Waals surface area (Å²) in [6, 6.07) is 30.6. The average Bonchev–Trinajstić information content (AvgIpc) is 3.15. The second kappa shape index (κ2) is 9.98. The van der Waals surface area contributed by atoms with E-state index < -0.39 is 16.1 Å². The van der Waals surface area contributed by atoms with Crippen molar-refractivity contribution in [3.8, 4) is 0 Å². The molecule has 37 heavy (non-hydrogen) atoms. The van der Waals surface area contributed by atoms with Gasteiger partial charge in [0.1, 0.15) is 0 Å². The maximum atomic E-state index is 14.0. The van der Waals surface area contributed by atoms with E-state index in [1.165, 1.54) is 9.21 Å². The Labute approximate surface area is 222 Å². The van der Waals surface area contributed by atoms with Crippen LogP contribution >= 0.6 is 11.6 Å². The number of carbonyl (C=O) groups is 1. The Morgan fingerprint density at radius 2 is 1.41 bits per heavy atom. The maximum absolute atomic E-state index is 14.0. The van der Waals surface area contributed by atoms with Crippen LogP contribution in [-0.4, -0.2) is 32.7 Å². The van der Waals surface area contributed by atoms with Gasteiger partial charge in [-0.05, 0) is 53.1 Å². The third kappa shape index (κ3) is 4.71. The van der Waals surface area contributed by atoms with Crippen molar-refractivity contribution >= 4 is 44.9 Å². The van der Waals surface area contributed by atoms with Crippen LogP contribution in [0.4, 0.5) is 5.69 Å². The van der Waals surface area contributed by atoms with Gasteiger partial charge < -0.3 is 4.90 Å². The lowest BCUT2D eigenvalue weighted by molar-refractivity contribution is -0.112. The molecule has 0 radical (unpaired) electrons. The van der Waals surface area contributed by atoms with Crippen molar-refractivity contribution in [1.29, 1.82) is 0 Å². The van der Waals surface area contributed by atoms with Crippen LogP contribution in [0.2, 0.25) is 5.02 Å². The number of fused-ring (bicyclic) bond motifs is 1. The van der Waals surface area contributed by atoms with Gasteiger partial charge in [-0.25, -0.2) is 8.42 Å². The summed E-state index contributed by atoms with van der Waals surface area (Å²) in [7, 11) is -0.656. The molecule has 0 N–H and O–H groups in total. The fraction of sp³-hybridized carbons (Fsp3) is 0.100.